The van der Waals surface area contributed by atoms with Crippen LogP contribution in [-0.2, 0) is 6.42 Å². The van der Waals surface area contributed by atoms with E-state index in [1.807, 2.05) is 41.3 Å². The van der Waals surface area contributed by atoms with Crippen molar-refractivity contribution in [2.45, 2.75) is 18.9 Å². The van der Waals surface area contributed by atoms with Gasteiger partial charge in [-0.2, -0.15) is 0 Å². The highest BCUT2D eigenvalue weighted by Gasteiger charge is 2.28. The third-order valence-electron chi connectivity index (χ3n) is 3.69. The van der Waals surface area contributed by atoms with E-state index in [9.17, 15) is 0 Å². The molecule has 1 heterocycles. The Morgan fingerprint density at radius 2 is 1.74 bits per heavy atom. The maximum Gasteiger partial charge on any atom is 0.193 e. The van der Waals surface area contributed by atoms with Crippen molar-refractivity contribution in [3.8, 4) is 0 Å². The van der Waals surface area contributed by atoms with Gasteiger partial charge in [0.1, 0.15) is 0 Å². The van der Waals surface area contributed by atoms with Crippen molar-refractivity contribution in [2.75, 3.05) is 4.90 Å². The molecule has 0 saturated heterocycles. The first-order valence-corrected chi connectivity index (χ1v) is 6.53. The van der Waals surface area contributed by atoms with Crippen molar-refractivity contribution in [3.05, 3.63) is 65.7 Å². The summed E-state index contributed by atoms with van der Waals surface area (Å²) in [7, 11) is 0. The van der Waals surface area contributed by atoms with Crippen LogP contribution in [0.2, 0.25) is 0 Å². The Bertz CT molecular complexity index is 592. The molecule has 0 fully saturated rings. The average molecular weight is 251 g/mol. The highest BCUT2D eigenvalue weighted by Crippen LogP contribution is 2.37. The van der Waals surface area contributed by atoms with Crippen LogP contribution in [-0.4, -0.2) is 5.96 Å². The lowest BCUT2D eigenvalue weighted by Gasteiger charge is -2.37. The number of nitrogens with two attached hydrogens (primary N) is 1. The first-order valence-electron chi connectivity index (χ1n) is 6.53. The van der Waals surface area contributed by atoms with Crippen LogP contribution in [0.15, 0.2) is 54.6 Å². The molecule has 0 radical (unpaired) electrons. The molecule has 0 spiro atoms. The van der Waals surface area contributed by atoms with Crippen LogP contribution in [0.25, 0.3) is 0 Å². The lowest BCUT2D eigenvalue weighted by atomic mass is 9.91. The van der Waals surface area contributed by atoms with E-state index in [-0.39, 0.29) is 12.0 Å². The molecule has 0 saturated carbocycles. The molecule has 0 bridgehead atoms. The average Bonchev–Trinajstić information content (AvgIpc) is 2.46. The molecule has 19 heavy (non-hydrogen) atoms. The van der Waals surface area contributed by atoms with E-state index in [2.05, 4.69) is 18.2 Å². The van der Waals surface area contributed by atoms with Crippen LogP contribution in [0.3, 0.4) is 0 Å². The number of anilines is 1. The predicted octanol–water partition coefficient (Wildman–Crippen LogP) is 3.07. The Hall–Kier alpha value is -2.29. The van der Waals surface area contributed by atoms with E-state index in [1.54, 1.807) is 0 Å². The molecule has 3 heteroatoms. The fourth-order valence-electron chi connectivity index (χ4n) is 2.84. The highest BCUT2D eigenvalue weighted by atomic mass is 15.3. The van der Waals surface area contributed by atoms with Crippen molar-refractivity contribution in [1.29, 1.82) is 5.41 Å². The van der Waals surface area contributed by atoms with Gasteiger partial charge in [0, 0.05) is 5.69 Å². The van der Waals surface area contributed by atoms with Crippen molar-refractivity contribution in [2.24, 2.45) is 5.73 Å². The van der Waals surface area contributed by atoms with Crippen LogP contribution in [0.4, 0.5) is 5.69 Å². The number of benzene rings is 2. The fourth-order valence-corrected chi connectivity index (χ4v) is 2.84. The van der Waals surface area contributed by atoms with Gasteiger partial charge in [0.15, 0.2) is 5.96 Å². The van der Waals surface area contributed by atoms with Gasteiger partial charge >= 0.3 is 0 Å². The van der Waals surface area contributed by atoms with Crippen molar-refractivity contribution in [1.82, 2.24) is 0 Å². The smallest absolute Gasteiger partial charge is 0.193 e. The van der Waals surface area contributed by atoms with E-state index in [1.165, 1.54) is 11.1 Å². The Balaban J connectivity index is 2.06. The van der Waals surface area contributed by atoms with Crippen LogP contribution < -0.4 is 10.6 Å². The largest absolute Gasteiger partial charge is 0.370 e. The lowest BCUT2D eigenvalue weighted by molar-refractivity contribution is 0.611. The number of guanidine groups is 1. The molecule has 3 N–H and O–H groups in total. The first kappa shape index (κ1) is 11.8. The Morgan fingerprint density at radius 1 is 1.05 bits per heavy atom. The first-order chi connectivity index (χ1) is 9.27. The number of hydrogen-bond acceptors (Lipinski definition) is 1. The number of aryl methyl sites for hydroxylation is 1. The van der Waals surface area contributed by atoms with Crippen molar-refractivity contribution in [3.63, 3.8) is 0 Å². The van der Waals surface area contributed by atoms with E-state index < -0.39 is 0 Å². The van der Waals surface area contributed by atoms with Gasteiger partial charge in [-0.1, -0.05) is 48.5 Å². The maximum atomic E-state index is 7.90. The SMILES string of the molecule is N=C(N)N1c2ccccc2CC[C@H]1c1ccccc1. The predicted molar refractivity (Wildman–Crippen MR) is 78.3 cm³/mol. The summed E-state index contributed by atoms with van der Waals surface area (Å²) in [5.41, 5.74) is 9.37. The van der Waals surface area contributed by atoms with Gasteiger partial charge in [0.05, 0.1) is 6.04 Å². The molecule has 1 atom stereocenters. The summed E-state index contributed by atoms with van der Waals surface area (Å²) in [4.78, 5) is 1.94. The zero-order chi connectivity index (χ0) is 13.2. The molecule has 3 rings (SSSR count). The second-order valence-electron chi connectivity index (χ2n) is 4.85. The summed E-state index contributed by atoms with van der Waals surface area (Å²) < 4.78 is 0. The highest BCUT2D eigenvalue weighted by molar-refractivity contribution is 5.94. The van der Waals surface area contributed by atoms with Crippen LogP contribution in [0.5, 0.6) is 0 Å². The number of hydrogen-bond donors (Lipinski definition) is 2. The van der Waals surface area contributed by atoms with Crippen LogP contribution in [0, 0.1) is 5.41 Å². The van der Waals surface area contributed by atoms with Gasteiger partial charge in [-0.05, 0) is 30.0 Å². The standard InChI is InChI=1S/C16H17N3/c17-16(18)19-14-9-5-4-8-13(14)10-11-15(19)12-6-2-1-3-7-12/h1-9,15H,10-11H2,(H3,17,18)/t15-/m0/s1. The molecular weight excluding hydrogens is 234 g/mol. The van der Waals surface area contributed by atoms with Gasteiger partial charge < -0.3 is 10.6 Å². The molecule has 0 amide bonds. The molecule has 3 nitrogen and oxygen atoms in total. The Morgan fingerprint density at radius 3 is 2.47 bits per heavy atom. The normalized spacial score (nSPS) is 17.9. The van der Waals surface area contributed by atoms with Crippen LogP contribution >= 0.6 is 0 Å². The van der Waals surface area contributed by atoms with Gasteiger partial charge in [-0.25, -0.2) is 0 Å². The zero-order valence-electron chi connectivity index (χ0n) is 10.7. The zero-order valence-corrected chi connectivity index (χ0v) is 10.7. The van der Waals surface area contributed by atoms with Gasteiger partial charge in [-0.3, -0.25) is 5.41 Å². The maximum absolute atomic E-state index is 7.90. The minimum Gasteiger partial charge on any atom is -0.370 e. The topological polar surface area (TPSA) is 53.1 Å². The third-order valence-corrected chi connectivity index (χ3v) is 3.69. The van der Waals surface area contributed by atoms with Crippen LogP contribution in [0.1, 0.15) is 23.6 Å². The summed E-state index contributed by atoms with van der Waals surface area (Å²) in [5.74, 6) is 0.112. The molecule has 96 valence electrons. The summed E-state index contributed by atoms with van der Waals surface area (Å²) in [6.07, 6.45) is 2.01. The molecule has 2 aromatic rings. The van der Waals surface area contributed by atoms with E-state index in [0.717, 1.165) is 18.5 Å². The quantitative estimate of drug-likeness (QED) is 0.604. The number of para-hydroxylation sites is 1. The van der Waals surface area contributed by atoms with Crippen molar-refractivity contribution >= 4 is 11.6 Å². The molecule has 0 unspecified atom stereocenters. The second kappa shape index (κ2) is 4.76. The number of fused-ring (bicyclic) bond motifs is 1. The molecule has 0 aromatic heterocycles. The van der Waals surface area contributed by atoms with Gasteiger partial charge in [0.25, 0.3) is 0 Å². The summed E-state index contributed by atoms with van der Waals surface area (Å²) in [6.45, 7) is 0. The molecule has 1 aliphatic rings. The number of nitrogens with one attached hydrogen (secondary N) is 1. The van der Waals surface area contributed by atoms with E-state index in [4.69, 9.17) is 11.1 Å². The number of nitrogens with zero attached hydrogens (tertiary/aromatic N) is 1. The Labute approximate surface area is 113 Å². The second-order valence-corrected chi connectivity index (χ2v) is 4.85. The third kappa shape index (κ3) is 2.08. The summed E-state index contributed by atoms with van der Waals surface area (Å²) in [5, 5.41) is 7.90. The van der Waals surface area contributed by atoms with E-state index in [0.29, 0.717) is 0 Å². The number of rotatable bonds is 1. The summed E-state index contributed by atoms with van der Waals surface area (Å²) >= 11 is 0. The molecule has 1 aliphatic heterocycles. The lowest BCUT2D eigenvalue weighted by Crippen LogP contribution is -2.42. The fraction of sp³-hybridized carbons (Fsp3) is 0.188. The van der Waals surface area contributed by atoms with Crippen molar-refractivity contribution < 1.29 is 0 Å². The molecule has 0 aliphatic carbocycles. The molecule has 2 aromatic carbocycles. The molecular formula is C16H17N3. The Kier molecular flexibility index (Phi) is 2.95. The minimum atomic E-state index is 0.112. The monoisotopic (exact) mass is 251 g/mol. The minimum absolute atomic E-state index is 0.112. The van der Waals surface area contributed by atoms with Gasteiger partial charge in [0.2, 0.25) is 0 Å². The van der Waals surface area contributed by atoms with Gasteiger partial charge in [-0.15, -0.1) is 0 Å². The summed E-state index contributed by atoms with van der Waals surface area (Å²) in [6, 6.07) is 18.7. The van der Waals surface area contributed by atoms with E-state index >= 15 is 0 Å².